The van der Waals surface area contributed by atoms with Crippen molar-refractivity contribution in [2.24, 2.45) is 0 Å². The molecule has 186 valence electrons. The summed E-state index contributed by atoms with van der Waals surface area (Å²) in [4.78, 5) is 25.7. The van der Waals surface area contributed by atoms with Crippen molar-refractivity contribution in [2.45, 2.75) is 58.3 Å². The normalized spacial score (nSPS) is 18.7. The first-order chi connectivity index (χ1) is 17.1. The van der Waals surface area contributed by atoms with Crippen LogP contribution in [-0.4, -0.2) is 55.6 Å². The summed E-state index contributed by atoms with van der Waals surface area (Å²) in [5, 5.41) is 11.6. The Hall–Kier alpha value is -3.22. The summed E-state index contributed by atoms with van der Waals surface area (Å²) in [6, 6.07) is 7.71. The Bertz CT molecular complexity index is 1500. The average molecular weight is 507 g/mol. The third-order valence-corrected chi connectivity index (χ3v) is 7.97. The number of amides is 1. The van der Waals surface area contributed by atoms with Gasteiger partial charge in [0.25, 0.3) is 0 Å². The minimum Gasteiger partial charge on any atom is -0.491 e. The highest BCUT2D eigenvalue weighted by molar-refractivity contribution is 7.21. The number of thiazole rings is 1. The van der Waals surface area contributed by atoms with E-state index < -0.39 is 24.4 Å². The lowest BCUT2D eigenvalue weighted by molar-refractivity contribution is 0.00578. The van der Waals surface area contributed by atoms with Crippen molar-refractivity contribution >= 4 is 56.5 Å². The largest absolute Gasteiger partial charge is 0.495 e. The quantitative estimate of drug-likeness (QED) is 0.395. The number of nitrogens with zero attached hydrogens (tertiary/aromatic N) is 4. The zero-order chi connectivity index (χ0) is 25.2. The van der Waals surface area contributed by atoms with Crippen molar-refractivity contribution in [3.8, 4) is 17.3 Å². The SMILES string of the molecule is CC1(C)OB(c2cc3c4c(c2)nc(-c2ccc5nc(NC(=O)O)sc5n2)n4CCCCO3)OC1(C)C. The van der Waals surface area contributed by atoms with Gasteiger partial charge in [-0.3, -0.25) is 5.32 Å². The monoisotopic (exact) mass is 507 g/mol. The Balaban J connectivity index is 1.47. The lowest BCUT2D eigenvalue weighted by Crippen LogP contribution is -2.41. The number of rotatable bonds is 3. The first kappa shape index (κ1) is 23.2. The Labute approximate surface area is 211 Å². The fraction of sp³-hybridized carbons (Fsp3) is 0.417. The van der Waals surface area contributed by atoms with Crippen LogP contribution in [0.15, 0.2) is 24.3 Å². The maximum atomic E-state index is 11.0. The van der Waals surface area contributed by atoms with Crippen molar-refractivity contribution in [1.82, 2.24) is 19.5 Å². The second-order valence-electron chi connectivity index (χ2n) is 10.1. The zero-order valence-corrected chi connectivity index (χ0v) is 21.3. The number of aryl methyl sites for hydroxylation is 1. The molecule has 3 aromatic heterocycles. The van der Waals surface area contributed by atoms with Crippen LogP contribution in [0, 0.1) is 0 Å². The third kappa shape index (κ3) is 3.80. The molecule has 10 nitrogen and oxygen atoms in total. The second-order valence-corrected chi connectivity index (χ2v) is 11.1. The number of pyridine rings is 1. The lowest BCUT2D eigenvalue weighted by Gasteiger charge is -2.32. The smallest absolute Gasteiger partial charge is 0.491 e. The Kier molecular flexibility index (Phi) is 5.25. The molecule has 0 aliphatic carbocycles. The van der Waals surface area contributed by atoms with E-state index in [-0.39, 0.29) is 5.13 Å². The van der Waals surface area contributed by atoms with E-state index in [2.05, 4.69) is 14.9 Å². The fourth-order valence-electron chi connectivity index (χ4n) is 4.53. The highest BCUT2D eigenvalue weighted by Crippen LogP contribution is 2.38. The molecule has 1 fully saturated rings. The van der Waals surface area contributed by atoms with Crippen LogP contribution in [-0.2, 0) is 15.9 Å². The topological polar surface area (TPSA) is 121 Å². The molecule has 4 aromatic rings. The molecule has 2 aliphatic rings. The van der Waals surface area contributed by atoms with Gasteiger partial charge in [0.05, 0.1) is 23.3 Å². The molecule has 0 unspecified atom stereocenters. The molecule has 0 bridgehead atoms. The van der Waals surface area contributed by atoms with Gasteiger partial charge in [0.15, 0.2) is 11.0 Å². The summed E-state index contributed by atoms with van der Waals surface area (Å²) in [6.07, 6.45) is 0.716. The second kappa shape index (κ2) is 8.15. The molecule has 36 heavy (non-hydrogen) atoms. The molecule has 0 atom stereocenters. The van der Waals surface area contributed by atoms with E-state index in [4.69, 9.17) is 29.1 Å². The fourth-order valence-corrected chi connectivity index (χ4v) is 5.36. The number of hydrogen-bond donors (Lipinski definition) is 2. The van der Waals surface area contributed by atoms with Crippen LogP contribution < -0.4 is 15.5 Å². The number of aromatic nitrogens is 4. The van der Waals surface area contributed by atoms with E-state index in [1.807, 2.05) is 52.0 Å². The Morgan fingerprint density at radius 1 is 1.08 bits per heavy atom. The molecule has 0 saturated carbocycles. The highest BCUT2D eigenvalue weighted by Gasteiger charge is 2.52. The van der Waals surface area contributed by atoms with Crippen LogP contribution in [0.4, 0.5) is 9.93 Å². The molecule has 0 radical (unpaired) electrons. The molecular weight excluding hydrogens is 481 g/mol. The van der Waals surface area contributed by atoms with Gasteiger partial charge in [0.1, 0.15) is 27.3 Å². The maximum absolute atomic E-state index is 11.0. The van der Waals surface area contributed by atoms with Crippen LogP contribution in [0.2, 0.25) is 0 Å². The molecule has 2 N–H and O–H groups in total. The number of anilines is 1. The van der Waals surface area contributed by atoms with Gasteiger partial charge in [0, 0.05) is 6.54 Å². The van der Waals surface area contributed by atoms with Crippen molar-refractivity contribution < 1.29 is 23.9 Å². The standard InChI is InChI=1S/C24H26BN5O5S/c1-23(2)24(3,4)35-25(34-23)13-11-16-18-17(12-13)33-10-6-5-9-30(18)19(26-16)14-7-8-15-20(27-14)36-21(28-15)29-22(31)32/h7-8,11-12H,5-6,9-10H2,1-4H3,(H,28,29)(H,31,32). The molecule has 1 saturated heterocycles. The summed E-state index contributed by atoms with van der Waals surface area (Å²) >= 11 is 1.19. The predicted octanol–water partition coefficient (Wildman–Crippen LogP) is 4.27. The van der Waals surface area contributed by atoms with Crippen LogP contribution in [0.3, 0.4) is 0 Å². The number of ether oxygens (including phenoxy) is 1. The number of fused-ring (bicyclic) bond motifs is 1. The number of imidazole rings is 1. The minimum absolute atomic E-state index is 0.285. The van der Waals surface area contributed by atoms with E-state index in [0.717, 1.165) is 47.5 Å². The van der Waals surface area contributed by atoms with Crippen molar-refractivity contribution in [3.05, 3.63) is 24.3 Å². The first-order valence-electron chi connectivity index (χ1n) is 11.9. The van der Waals surface area contributed by atoms with Gasteiger partial charge in [0.2, 0.25) is 0 Å². The lowest BCUT2D eigenvalue weighted by atomic mass is 9.78. The summed E-state index contributed by atoms with van der Waals surface area (Å²) in [6.45, 7) is 9.55. The van der Waals surface area contributed by atoms with Crippen molar-refractivity contribution in [3.63, 3.8) is 0 Å². The van der Waals surface area contributed by atoms with Gasteiger partial charge in [-0.15, -0.1) is 0 Å². The van der Waals surface area contributed by atoms with E-state index in [9.17, 15) is 4.79 Å². The molecule has 6 rings (SSSR count). The Morgan fingerprint density at radius 2 is 1.86 bits per heavy atom. The summed E-state index contributed by atoms with van der Waals surface area (Å²) < 4.78 is 20.9. The third-order valence-electron chi connectivity index (χ3n) is 7.09. The number of carboxylic acid groups (broad SMARTS) is 1. The van der Waals surface area contributed by atoms with Crippen LogP contribution in [0.1, 0.15) is 40.5 Å². The Morgan fingerprint density at radius 3 is 2.61 bits per heavy atom. The molecule has 2 aliphatic heterocycles. The van der Waals surface area contributed by atoms with Gasteiger partial charge in [-0.05, 0) is 70.3 Å². The summed E-state index contributed by atoms with van der Waals surface area (Å²) in [5.74, 6) is 1.48. The van der Waals surface area contributed by atoms with Gasteiger partial charge in [-0.1, -0.05) is 11.3 Å². The van der Waals surface area contributed by atoms with Crippen LogP contribution >= 0.6 is 11.3 Å². The molecule has 5 heterocycles. The number of benzene rings is 1. The predicted molar refractivity (Wildman–Crippen MR) is 138 cm³/mol. The minimum atomic E-state index is -1.16. The molecule has 0 spiro atoms. The summed E-state index contributed by atoms with van der Waals surface area (Å²) in [7, 11) is -0.523. The van der Waals surface area contributed by atoms with Gasteiger partial charge >= 0.3 is 13.2 Å². The first-order valence-corrected chi connectivity index (χ1v) is 12.7. The van der Waals surface area contributed by atoms with Crippen molar-refractivity contribution in [2.75, 3.05) is 11.9 Å². The van der Waals surface area contributed by atoms with Crippen LogP contribution in [0.5, 0.6) is 5.75 Å². The highest BCUT2D eigenvalue weighted by atomic mass is 32.1. The molecular formula is C24H26BN5O5S. The summed E-state index contributed by atoms with van der Waals surface area (Å²) in [5.41, 5.74) is 2.98. The number of hydrogen-bond acceptors (Lipinski definition) is 8. The van der Waals surface area contributed by atoms with E-state index in [0.29, 0.717) is 22.6 Å². The molecule has 1 aromatic carbocycles. The number of nitrogens with one attached hydrogen (secondary N) is 1. The van der Waals surface area contributed by atoms with Crippen LogP contribution in [0.25, 0.3) is 32.9 Å². The van der Waals surface area contributed by atoms with E-state index in [1.165, 1.54) is 11.3 Å². The maximum Gasteiger partial charge on any atom is 0.495 e. The van der Waals surface area contributed by atoms with E-state index >= 15 is 0 Å². The molecule has 1 amide bonds. The van der Waals surface area contributed by atoms with Gasteiger partial charge < -0.3 is 23.7 Å². The van der Waals surface area contributed by atoms with Gasteiger partial charge in [-0.25, -0.2) is 19.7 Å². The van der Waals surface area contributed by atoms with Crippen molar-refractivity contribution in [1.29, 1.82) is 0 Å². The average Bonchev–Trinajstić information content (AvgIpc) is 3.41. The zero-order valence-electron chi connectivity index (χ0n) is 20.5. The van der Waals surface area contributed by atoms with Gasteiger partial charge in [-0.2, -0.15) is 0 Å². The molecule has 12 heteroatoms. The van der Waals surface area contributed by atoms with E-state index in [1.54, 1.807) is 0 Å². The number of carbonyl (C=O) groups is 1.